The van der Waals surface area contributed by atoms with E-state index in [0.29, 0.717) is 26.5 Å². The van der Waals surface area contributed by atoms with Crippen molar-refractivity contribution in [2.45, 2.75) is 0 Å². The van der Waals surface area contributed by atoms with Crippen LogP contribution in [-0.4, -0.2) is 9.97 Å². The van der Waals surface area contributed by atoms with E-state index >= 15 is 0 Å². The molecule has 0 aliphatic heterocycles. The molecule has 0 atom stereocenters. The molecule has 0 unspecified atom stereocenters. The van der Waals surface area contributed by atoms with Crippen LogP contribution < -0.4 is 5.73 Å². The number of aromatic amines is 1. The van der Waals surface area contributed by atoms with E-state index in [0.717, 1.165) is 11.1 Å². The van der Waals surface area contributed by atoms with Crippen LogP contribution in [-0.2, 0) is 0 Å². The highest BCUT2D eigenvalue weighted by molar-refractivity contribution is 9.10. The van der Waals surface area contributed by atoms with Gasteiger partial charge in [-0.3, -0.25) is 0 Å². The summed E-state index contributed by atoms with van der Waals surface area (Å²) < 4.78 is 13.7. The van der Waals surface area contributed by atoms with E-state index in [4.69, 9.17) is 17.3 Å². The van der Waals surface area contributed by atoms with Gasteiger partial charge < -0.3 is 10.7 Å². The molecule has 0 amide bonds. The fourth-order valence-corrected chi connectivity index (χ4v) is 2.68. The summed E-state index contributed by atoms with van der Waals surface area (Å²) in [7, 11) is 0. The van der Waals surface area contributed by atoms with Crippen LogP contribution in [0, 0.1) is 5.82 Å². The van der Waals surface area contributed by atoms with Crippen molar-refractivity contribution < 1.29 is 4.39 Å². The monoisotopic (exact) mass is 339 g/mol. The van der Waals surface area contributed by atoms with Crippen LogP contribution in [0.25, 0.3) is 22.4 Å². The van der Waals surface area contributed by atoms with Gasteiger partial charge in [0.15, 0.2) is 0 Å². The molecule has 0 spiro atoms. The first-order valence-corrected chi connectivity index (χ1v) is 6.62. The van der Waals surface area contributed by atoms with Crippen molar-refractivity contribution in [2.75, 3.05) is 5.73 Å². The highest BCUT2D eigenvalue weighted by atomic mass is 79.9. The van der Waals surface area contributed by atoms with Crippen LogP contribution in [0.15, 0.2) is 34.8 Å². The minimum Gasteiger partial charge on any atom is -0.397 e. The Morgan fingerprint density at radius 3 is 2.79 bits per heavy atom. The van der Waals surface area contributed by atoms with Crippen LogP contribution in [0.4, 0.5) is 10.1 Å². The Bertz CT molecular complexity index is 785. The number of benzene rings is 2. The zero-order chi connectivity index (χ0) is 13.6. The third-order valence-electron chi connectivity index (χ3n) is 2.77. The van der Waals surface area contributed by atoms with E-state index in [2.05, 4.69) is 25.9 Å². The highest BCUT2D eigenvalue weighted by Gasteiger charge is 2.11. The molecule has 0 saturated carbocycles. The molecule has 0 aliphatic carbocycles. The number of anilines is 1. The largest absolute Gasteiger partial charge is 0.397 e. The van der Waals surface area contributed by atoms with Crippen LogP contribution in [0.3, 0.4) is 0 Å². The van der Waals surface area contributed by atoms with Gasteiger partial charge in [0, 0.05) is 15.1 Å². The predicted molar refractivity (Wildman–Crippen MR) is 78.6 cm³/mol. The van der Waals surface area contributed by atoms with Crippen molar-refractivity contribution in [3.05, 3.63) is 45.6 Å². The van der Waals surface area contributed by atoms with Gasteiger partial charge >= 0.3 is 0 Å². The number of H-pyrrole nitrogens is 1. The Balaban J connectivity index is 2.23. The van der Waals surface area contributed by atoms with Gasteiger partial charge in [-0.1, -0.05) is 11.6 Å². The number of fused-ring (bicyclic) bond motifs is 1. The summed E-state index contributed by atoms with van der Waals surface area (Å²) in [5, 5.41) is 0.540. The maximum atomic E-state index is 13.1. The maximum absolute atomic E-state index is 13.1. The lowest BCUT2D eigenvalue weighted by atomic mass is 10.2. The van der Waals surface area contributed by atoms with Crippen molar-refractivity contribution in [1.29, 1.82) is 0 Å². The number of hydrogen-bond acceptors (Lipinski definition) is 2. The van der Waals surface area contributed by atoms with E-state index in [9.17, 15) is 4.39 Å². The third-order valence-corrected chi connectivity index (χ3v) is 3.64. The Morgan fingerprint density at radius 1 is 1.26 bits per heavy atom. The normalized spacial score (nSPS) is 11.1. The Hall–Kier alpha value is -1.59. The Morgan fingerprint density at radius 2 is 2.05 bits per heavy atom. The molecule has 6 heteroatoms. The van der Waals surface area contributed by atoms with Crippen LogP contribution >= 0.6 is 27.5 Å². The standard InChI is InChI=1S/C13H8BrClFN3/c14-9-5-7(16)1-2-8(9)13-18-11-4-6(15)3-10(17)12(11)19-13/h1-5H,17H2,(H,18,19). The van der Waals surface area contributed by atoms with E-state index in [1.54, 1.807) is 18.2 Å². The van der Waals surface area contributed by atoms with Gasteiger partial charge in [-0.25, -0.2) is 9.37 Å². The number of imidazole rings is 1. The van der Waals surface area contributed by atoms with Gasteiger partial charge in [0.05, 0.1) is 11.2 Å². The maximum Gasteiger partial charge on any atom is 0.139 e. The fraction of sp³-hybridized carbons (Fsp3) is 0. The molecule has 0 saturated heterocycles. The molecule has 3 N–H and O–H groups in total. The quantitative estimate of drug-likeness (QED) is 0.646. The van der Waals surface area contributed by atoms with Gasteiger partial charge in [-0.2, -0.15) is 0 Å². The first kappa shape index (κ1) is 12.4. The molecular weight excluding hydrogens is 333 g/mol. The van der Waals surface area contributed by atoms with Crippen molar-refractivity contribution >= 4 is 44.3 Å². The topological polar surface area (TPSA) is 54.7 Å². The average molecular weight is 341 g/mol. The summed E-state index contributed by atoms with van der Waals surface area (Å²) in [5.41, 5.74) is 8.53. The van der Waals surface area contributed by atoms with Crippen molar-refractivity contribution in [2.24, 2.45) is 0 Å². The second-order valence-electron chi connectivity index (χ2n) is 4.10. The number of hydrogen-bond donors (Lipinski definition) is 2. The third kappa shape index (κ3) is 2.19. The Labute approximate surface area is 121 Å². The van der Waals surface area contributed by atoms with Crippen LogP contribution in [0.2, 0.25) is 5.02 Å². The van der Waals surface area contributed by atoms with Crippen molar-refractivity contribution in [1.82, 2.24) is 9.97 Å². The SMILES string of the molecule is Nc1cc(Cl)cc2[nH]c(-c3ccc(F)cc3Br)nc12. The number of aromatic nitrogens is 2. The second kappa shape index (κ2) is 4.51. The molecule has 0 radical (unpaired) electrons. The van der Waals surface area contributed by atoms with Crippen molar-refractivity contribution in [3.8, 4) is 11.4 Å². The smallest absolute Gasteiger partial charge is 0.139 e. The molecule has 1 heterocycles. The van der Waals surface area contributed by atoms with Crippen LogP contribution in [0.1, 0.15) is 0 Å². The summed E-state index contributed by atoms with van der Waals surface area (Å²) in [5.74, 6) is 0.296. The summed E-state index contributed by atoms with van der Waals surface area (Å²) in [4.78, 5) is 7.55. The van der Waals surface area contributed by atoms with Gasteiger partial charge in [0.2, 0.25) is 0 Å². The van der Waals surface area contributed by atoms with E-state index in [-0.39, 0.29) is 5.82 Å². The molecule has 0 aliphatic rings. The molecule has 96 valence electrons. The fourth-order valence-electron chi connectivity index (χ4n) is 1.92. The van der Waals surface area contributed by atoms with Crippen LogP contribution in [0.5, 0.6) is 0 Å². The molecule has 3 rings (SSSR count). The lowest BCUT2D eigenvalue weighted by Crippen LogP contribution is -1.86. The van der Waals surface area contributed by atoms with Gasteiger partial charge in [-0.15, -0.1) is 0 Å². The molecule has 19 heavy (non-hydrogen) atoms. The molecule has 0 fully saturated rings. The molecule has 1 aromatic heterocycles. The molecule has 2 aromatic carbocycles. The minimum atomic E-state index is -0.311. The molecular formula is C13H8BrClFN3. The zero-order valence-electron chi connectivity index (χ0n) is 9.55. The summed E-state index contributed by atoms with van der Waals surface area (Å²) in [6, 6.07) is 7.81. The van der Waals surface area contributed by atoms with Crippen molar-refractivity contribution in [3.63, 3.8) is 0 Å². The number of nitrogen functional groups attached to an aromatic ring is 1. The first-order valence-electron chi connectivity index (χ1n) is 5.45. The first-order chi connectivity index (χ1) is 9.04. The van der Waals surface area contributed by atoms with Gasteiger partial charge in [-0.05, 0) is 46.3 Å². The highest BCUT2D eigenvalue weighted by Crippen LogP contribution is 2.31. The van der Waals surface area contributed by atoms with Gasteiger partial charge in [0.1, 0.15) is 17.2 Å². The summed E-state index contributed by atoms with van der Waals surface area (Å²) >= 11 is 9.26. The second-order valence-corrected chi connectivity index (χ2v) is 5.39. The number of nitrogens with zero attached hydrogens (tertiary/aromatic N) is 1. The molecule has 3 aromatic rings. The molecule has 3 nitrogen and oxygen atoms in total. The van der Waals surface area contributed by atoms with E-state index in [1.165, 1.54) is 12.1 Å². The predicted octanol–water partition coefficient (Wildman–Crippen LogP) is 4.37. The van der Waals surface area contributed by atoms with E-state index < -0.39 is 0 Å². The Kier molecular flexibility index (Phi) is 2.95. The molecule has 0 bridgehead atoms. The van der Waals surface area contributed by atoms with Gasteiger partial charge in [0.25, 0.3) is 0 Å². The summed E-state index contributed by atoms with van der Waals surface area (Å²) in [6.07, 6.45) is 0. The number of halogens is 3. The number of nitrogens with two attached hydrogens (primary N) is 1. The zero-order valence-corrected chi connectivity index (χ0v) is 11.9. The number of rotatable bonds is 1. The summed E-state index contributed by atoms with van der Waals surface area (Å²) in [6.45, 7) is 0. The number of nitrogens with one attached hydrogen (secondary N) is 1. The minimum absolute atomic E-state index is 0.311. The lowest BCUT2D eigenvalue weighted by Gasteiger charge is -2.00. The average Bonchev–Trinajstić information content (AvgIpc) is 2.72. The lowest BCUT2D eigenvalue weighted by molar-refractivity contribution is 0.627. The van der Waals surface area contributed by atoms with E-state index in [1.807, 2.05) is 0 Å².